The molecule has 3 aromatic rings. The van der Waals surface area contributed by atoms with Crippen LogP contribution in [-0.2, 0) is 11.3 Å². The van der Waals surface area contributed by atoms with Crippen LogP contribution in [0, 0.1) is 0 Å². The normalized spacial score (nSPS) is 14.9. The minimum absolute atomic E-state index is 0.00493. The Kier molecular flexibility index (Phi) is 6.53. The maximum Gasteiger partial charge on any atom is 0.488 e. The second kappa shape index (κ2) is 9.89. The van der Waals surface area contributed by atoms with Crippen molar-refractivity contribution in [1.82, 2.24) is 10.6 Å². The van der Waals surface area contributed by atoms with Crippen LogP contribution in [0.1, 0.15) is 22.6 Å². The molecule has 1 aliphatic carbocycles. The Morgan fingerprint density at radius 3 is 2.29 bits per heavy atom. The van der Waals surface area contributed by atoms with E-state index in [1.54, 1.807) is 12.1 Å². The van der Waals surface area contributed by atoms with Crippen LogP contribution < -0.4 is 21.0 Å². The first-order chi connectivity index (χ1) is 16.6. The number of hydrogen-bond acceptors (Lipinski definition) is 6. The van der Waals surface area contributed by atoms with E-state index in [0.29, 0.717) is 5.46 Å². The van der Waals surface area contributed by atoms with E-state index in [1.807, 2.05) is 30.3 Å². The maximum atomic E-state index is 12.6. The van der Waals surface area contributed by atoms with Gasteiger partial charge in [-0.2, -0.15) is 0 Å². The van der Waals surface area contributed by atoms with Gasteiger partial charge >= 0.3 is 13.2 Å². The molecule has 34 heavy (non-hydrogen) atoms. The zero-order valence-corrected chi connectivity index (χ0v) is 18.9. The lowest BCUT2D eigenvalue weighted by Gasteiger charge is -2.30. The quantitative estimate of drug-likeness (QED) is 0.422. The highest BCUT2D eigenvalue weighted by Crippen LogP contribution is 2.44. The SMILES string of the molecule is O=C(NCc1cc(B(O)O)cc(N2CCNCC2)c1)OCC1c2ccccc2-c2ccccc21. The number of ether oxygens (including phenoxy) is 1. The molecule has 1 amide bonds. The summed E-state index contributed by atoms with van der Waals surface area (Å²) in [5, 5.41) is 25.6. The summed E-state index contributed by atoms with van der Waals surface area (Å²) in [6.07, 6.45) is -0.500. The number of fused-ring (bicyclic) bond motifs is 3. The maximum absolute atomic E-state index is 12.6. The van der Waals surface area contributed by atoms with Gasteiger partial charge in [0.05, 0.1) is 0 Å². The van der Waals surface area contributed by atoms with Crippen LogP contribution in [-0.4, -0.2) is 56.0 Å². The number of piperazine rings is 1. The summed E-state index contributed by atoms with van der Waals surface area (Å²) in [6, 6.07) is 21.9. The summed E-state index contributed by atoms with van der Waals surface area (Å²) in [5.74, 6) is 0.00493. The number of nitrogens with one attached hydrogen (secondary N) is 2. The predicted octanol–water partition coefficient (Wildman–Crippen LogP) is 1.81. The van der Waals surface area contributed by atoms with Crippen LogP contribution >= 0.6 is 0 Å². The molecule has 0 unspecified atom stereocenters. The Labute approximate surface area is 199 Å². The molecule has 7 nitrogen and oxygen atoms in total. The highest BCUT2D eigenvalue weighted by Gasteiger charge is 2.29. The molecule has 2 aliphatic rings. The van der Waals surface area contributed by atoms with Crippen LogP contribution in [0.4, 0.5) is 10.5 Å². The van der Waals surface area contributed by atoms with Gasteiger partial charge < -0.3 is 30.3 Å². The van der Waals surface area contributed by atoms with E-state index in [4.69, 9.17) is 4.74 Å². The fourth-order valence-electron chi connectivity index (χ4n) is 4.88. The summed E-state index contributed by atoms with van der Waals surface area (Å²) in [7, 11) is -1.57. The van der Waals surface area contributed by atoms with E-state index in [9.17, 15) is 14.8 Å². The molecule has 1 saturated heterocycles. The number of amides is 1. The van der Waals surface area contributed by atoms with Crippen LogP contribution in [0.25, 0.3) is 11.1 Å². The Balaban J connectivity index is 1.24. The third kappa shape index (κ3) is 4.66. The summed E-state index contributed by atoms with van der Waals surface area (Å²) in [4.78, 5) is 14.7. The van der Waals surface area contributed by atoms with Gasteiger partial charge in [0.15, 0.2) is 0 Å². The van der Waals surface area contributed by atoms with Crippen molar-refractivity contribution in [1.29, 1.82) is 0 Å². The fraction of sp³-hybridized carbons (Fsp3) is 0.269. The zero-order chi connectivity index (χ0) is 23.5. The lowest BCUT2D eigenvalue weighted by Crippen LogP contribution is -2.44. The predicted molar refractivity (Wildman–Crippen MR) is 133 cm³/mol. The van der Waals surface area contributed by atoms with Crippen molar-refractivity contribution in [3.63, 3.8) is 0 Å². The van der Waals surface area contributed by atoms with E-state index in [0.717, 1.165) is 37.4 Å². The van der Waals surface area contributed by atoms with Gasteiger partial charge in [0, 0.05) is 44.3 Å². The first-order valence-electron chi connectivity index (χ1n) is 11.6. The minimum atomic E-state index is -1.57. The fourth-order valence-corrected chi connectivity index (χ4v) is 4.88. The molecule has 1 aliphatic heterocycles. The topological polar surface area (TPSA) is 94.1 Å². The molecule has 0 bridgehead atoms. The molecule has 4 N–H and O–H groups in total. The first-order valence-corrected chi connectivity index (χ1v) is 11.6. The van der Waals surface area contributed by atoms with Gasteiger partial charge in [0.1, 0.15) is 6.61 Å². The first kappa shape index (κ1) is 22.5. The van der Waals surface area contributed by atoms with Gasteiger partial charge in [0.2, 0.25) is 0 Å². The summed E-state index contributed by atoms with van der Waals surface area (Å²) >= 11 is 0. The van der Waals surface area contributed by atoms with E-state index >= 15 is 0 Å². The van der Waals surface area contributed by atoms with Crippen molar-refractivity contribution < 1.29 is 19.6 Å². The monoisotopic (exact) mass is 457 g/mol. The molecular weight excluding hydrogens is 429 g/mol. The van der Waals surface area contributed by atoms with Crippen molar-refractivity contribution in [2.75, 3.05) is 37.7 Å². The van der Waals surface area contributed by atoms with Crippen LogP contribution in [0.15, 0.2) is 66.7 Å². The van der Waals surface area contributed by atoms with Crippen molar-refractivity contribution >= 4 is 24.4 Å². The van der Waals surface area contributed by atoms with Crippen LogP contribution in [0.3, 0.4) is 0 Å². The van der Waals surface area contributed by atoms with Crippen LogP contribution in [0.2, 0.25) is 0 Å². The third-order valence-corrected chi connectivity index (χ3v) is 6.56. The van der Waals surface area contributed by atoms with E-state index in [-0.39, 0.29) is 19.1 Å². The van der Waals surface area contributed by atoms with Crippen molar-refractivity contribution in [2.24, 2.45) is 0 Å². The van der Waals surface area contributed by atoms with Crippen molar-refractivity contribution in [3.8, 4) is 11.1 Å². The second-order valence-corrected chi connectivity index (χ2v) is 8.72. The summed E-state index contributed by atoms with van der Waals surface area (Å²) in [6.45, 7) is 3.91. The Hall–Kier alpha value is -3.33. The molecule has 0 radical (unpaired) electrons. The average molecular weight is 457 g/mol. The molecule has 5 rings (SSSR count). The molecule has 0 aromatic heterocycles. The largest absolute Gasteiger partial charge is 0.488 e. The molecule has 0 atom stereocenters. The lowest BCUT2D eigenvalue weighted by molar-refractivity contribution is 0.142. The summed E-state index contributed by atoms with van der Waals surface area (Å²) in [5.41, 5.74) is 6.81. The smallest absolute Gasteiger partial charge is 0.449 e. The number of carbonyl (C=O) groups is 1. The number of benzene rings is 3. The number of anilines is 1. The zero-order valence-electron chi connectivity index (χ0n) is 18.9. The molecule has 0 saturated carbocycles. The average Bonchev–Trinajstić information content (AvgIpc) is 3.20. The second-order valence-electron chi connectivity index (χ2n) is 8.72. The van der Waals surface area contributed by atoms with Gasteiger partial charge in [-0.25, -0.2) is 4.79 Å². The standard InChI is InChI=1S/C26H28BN3O4/c31-26(34-17-25-23-7-3-1-5-21(23)22-6-2-4-8-24(22)25)29-16-18-13-19(27(32)33)15-20(14-18)30-11-9-28-10-12-30/h1-8,13-15,25,28,32-33H,9-12,16-17H2,(H,29,31). The van der Waals surface area contributed by atoms with Crippen molar-refractivity contribution in [2.45, 2.75) is 12.5 Å². The highest BCUT2D eigenvalue weighted by atomic mass is 16.5. The van der Waals surface area contributed by atoms with Gasteiger partial charge in [-0.3, -0.25) is 0 Å². The number of rotatable bonds is 6. The van der Waals surface area contributed by atoms with Gasteiger partial charge in [-0.15, -0.1) is 0 Å². The van der Waals surface area contributed by atoms with Crippen molar-refractivity contribution in [3.05, 3.63) is 83.4 Å². The number of carbonyl (C=O) groups excluding carboxylic acids is 1. The number of alkyl carbamates (subject to hydrolysis) is 1. The van der Waals surface area contributed by atoms with Gasteiger partial charge in [-0.1, -0.05) is 54.6 Å². The molecule has 8 heteroatoms. The summed E-state index contributed by atoms with van der Waals surface area (Å²) < 4.78 is 5.62. The molecule has 3 aromatic carbocycles. The van der Waals surface area contributed by atoms with E-state index in [1.165, 1.54) is 22.3 Å². The molecule has 174 valence electrons. The number of nitrogens with zero attached hydrogens (tertiary/aromatic N) is 1. The molecule has 1 fully saturated rings. The molecular formula is C26H28BN3O4. The minimum Gasteiger partial charge on any atom is -0.449 e. The number of hydrogen-bond donors (Lipinski definition) is 4. The molecule has 1 heterocycles. The van der Waals surface area contributed by atoms with Crippen LogP contribution in [0.5, 0.6) is 0 Å². The lowest BCUT2D eigenvalue weighted by atomic mass is 9.79. The van der Waals surface area contributed by atoms with Gasteiger partial charge in [-0.05, 0) is 45.4 Å². The molecule has 0 spiro atoms. The Morgan fingerprint density at radius 2 is 1.65 bits per heavy atom. The van der Waals surface area contributed by atoms with E-state index < -0.39 is 13.2 Å². The highest BCUT2D eigenvalue weighted by molar-refractivity contribution is 6.58. The Bertz CT molecular complexity index is 1130. The van der Waals surface area contributed by atoms with Gasteiger partial charge in [0.25, 0.3) is 0 Å². The Morgan fingerprint density at radius 1 is 1.00 bits per heavy atom. The third-order valence-electron chi connectivity index (χ3n) is 6.56. The van der Waals surface area contributed by atoms with E-state index in [2.05, 4.69) is 39.8 Å².